The van der Waals surface area contributed by atoms with Gasteiger partial charge in [-0.25, -0.2) is 9.18 Å². The van der Waals surface area contributed by atoms with E-state index in [0.29, 0.717) is 12.4 Å². The molecular formula is C28H29FN2O5. The number of carbonyl (C=O) groups excluding carboxylic acids is 3. The van der Waals surface area contributed by atoms with Gasteiger partial charge in [0.1, 0.15) is 30.3 Å². The third-order valence-corrected chi connectivity index (χ3v) is 5.46. The minimum absolute atomic E-state index is 0.0746. The largest absolute Gasteiger partial charge is 0.489 e. The summed E-state index contributed by atoms with van der Waals surface area (Å²) in [5, 5.41) is 5.18. The summed E-state index contributed by atoms with van der Waals surface area (Å²) in [6.45, 7) is 1.65. The molecule has 0 aromatic heterocycles. The predicted octanol–water partition coefficient (Wildman–Crippen LogP) is 3.35. The number of hydrogen-bond donors (Lipinski definition) is 2. The number of hydrogen-bond acceptors (Lipinski definition) is 5. The van der Waals surface area contributed by atoms with Gasteiger partial charge in [-0.2, -0.15) is 0 Å². The van der Waals surface area contributed by atoms with Crippen molar-refractivity contribution in [3.63, 3.8) is 0 Å². The van der Waals surface area contributed by atoms with Crippen molar-refractivity contribution in [3.8, 4) is 5.75 Å². The molecule has 0 radical (unpaired) electrons. The first-order valence-electron chi connectivity index (χ1n) is 11.5. The highest BCUT2D eigenvalue weighted by molar-refractivity contribution is 5.90. The zero-order chi connectivity index (χ0) is 25.9. The highest BCUT2D eigenvalue weighted by atomic mass is 19.1. The lowest BCUT2D eigenvalue weighted by molar-refractivity contribution is -0.145. The number of carbonyl (C=O) groups is 3. The zero-order valence-corrected chi connectivity index (χ0v) is 20.2. The van der Waals surface area contributed by atoms with Crippen LogP contribution in [0.15, 0.2) is 78.9 Å². The highest BCUT2D eigenvalue weighted by Gasteiger charge is 2.28. The van der Waals surface area contributed by atoms with Crippen molar-refractivity contribution >= 4 is 17.8 Å². The molecule has 188 valence electrons. The van der Waals surface area contributed by atoms with Gasteiger partial charge in [-0.3, -0.25) is 9.59 Å². The topological polar surface area (TPSA) is 93.7 Å². The van der Waals surface area contributed by atoms with E-state index in [0.717, 1.165) is 11.1 Å². The van der Waals surface area contributed by atoms with Crippen LogP contribution in [0.3, 0.4) is 0 Å². The molecule has 0 saturated carbocycles. The van der Waals surface area contributed by atoms with Gasteiger partial charge in [0.15, 0.2) is 0 Å². The number of rotatable bonds is 11. The van der Waals surface area contributed by atoms with Crippen LogP contribution in [0.4, 0.5) is 4.39 Å². The minimum atomic E-state index is -1.08. The van der Waals surface area contributed by atoms with Crippen molar-refractivity contribution in [1.82, 2.24) is 10.6 Å². The zero-order valence-electron chi connectivity index (χ0n) is 20.2. The molecule has 0 aliphatic carbocycles. The fraction of sp³-hybridized carbons (Fsp3) is 0.250. The molecule has 0 aliphatic heterocycles. The van der Waals surface area contributed by atoms with E-state index in [9.17, 15) is 18.8 Å². The van der Waals surface area contributed by atoms with E-state index in [-0.39, 0.29) is 18.4 Å². The lowest BCUT2D eigenvalue weighted by Crippen LogP contribution is -2.53. The molecular weight excluding hydrogens is 463 g/mol. The van der Waals surface area contributed by atoms with Gasteiger partial charge in [0.25, 0.3) is 0 Å². The van der Waals surface area contributed by atoms with Crippen LogP contribution in [0.25, 0.3) is 0 Å². The fourth-order valence-electron chi connectivity index (χ4n) is 3.69. The van der Waals surface area contributed by atoms with Gasteiger partial charge in [-0.15, -0.1) is 0 Å². The van der Waals surface area contributed by atoms with Crippen LogP contribution in [0.1, 0.15) is 23.6 Å². The molecule has 3 rings (SSSR count). The molecule has 2 amide bonds. The Morgan fingerprint density at radius 2 is 1.53 bits per heavy atom. The van der Waals surface area contributed by atoms with Crippen molar-refractivity contribution in [2.75, 3.05) is 7.11 Å². The van der Waals surface area contributed by atoms with Crippen LogP contribution < -0.4 is 15.4 Å². The first-order chi connectivity index (χ1) is 17.4. The highest BCUT2D eigenvalue weighted by Crippen LogP contribution is 2.17. The van der Waals surface area contributed by atoms with Crippen LogP contribution >= 0.6 is 0 Å². The van der Waals surface area contributed by atoms with Crippen molar-refractivity contribution in [2.45, 2.75) is 38.5 Å². The Labute approximate surface area is 209 Å². The molecule has 3 aromatic rings. The molecule has 0 spiro atoms. The summed E-state index contributed by atoms with van der Waals surface area (Å²) in [7, 11) is 1.23. The van der Waals surface area contributed by atoms with Crippen LogP contribution in [0, 0.1) is 5.82 Å². The van der Waals surface area contributed by atoms with E-state index in [2.05, 4.69) is 10.6 Å². The van der Waals surface area contributed by atoms with E-state index in [1.54, 1.807) is 24.3 Å². The second kappa shape index (κ2) is 13.0. The molecule has 0 bridgehead atoms. The second-order valence-corrected chi connectivity index (χ2v) is 8.26. The van der Waals surface area contributed by atoms with Crippen LogP contribution in [0.5, 0.6) is 5.75 Å². The van der Waals surface area contributed by atoms with E-state index in [4.69, 9.17) is 9.47 Å². The molecule has 0 unspecified atom stereocenters. The lowest BCUT2D eigenvalue weighted by Gasteiger charge is -2.22. The van der Waals surface area contributed by atoms with E-state index >= 15 is 0 Å². The van der Waals surface area contributed by atoms with Crippen LogP contribution in [-0.4, -0.2) is 37.0 Å². The average molecular weight is 493 g/mol. The van der Waals surface area contributed by atoms with Gasteiger partial charge < -0.3 is 20.1 Å². The maximum atomic E-state index is 14.2. The molecule has 0 fully saturated rings. The van der Waals surface area contributed by atoms with Gasteiger partial charge in [-0.05, 0) is 34.9 Å². The predicted molar refractivity (Wildman–Crippen MR) is 133 cm³/mol. The van der Waals surface area contributed by atoms with Crippen molar-refractivity contribution in [1.29, 1.82) is 0 Å². The third-order valence-electron chi connectivity index (χ3n) is 5.46. The quantitative estimate of drug-likeness (QED) is 0.401. The molecule has 8 heteroatoms. The SMILES string of the molecule is COC(=O)[C@@H](Cc1cccc(OCc2ccccc2)c1)NC(=O)[C@@H](Cc1ccccc1F)NC(C)=O. The summed E-state index contributed by atoms with van der Waals surface area (Å²) < 4.78 is 24.9. The van der Waals surface area contributed by atoms with Crippen molar-refractivity contribution < 1.29 is 28.2 Å². The number of ether oxygens (including phenoxy) is 2. The number of amides is 2. The van der Waals surface area contributed by atoms with Gasteiger partial charge in [-0.1, -0.05) is 60.7 Å². The summed E-state index contributed by atoms with van der Waals surface area (Å²) in [6.07, 6.45) is 0.0578. The summed E-state index contributed by atoms with van der Waals surface area (Å²) in [5.41, 5.74) is 2.02. The molecule has 0 heterocycles. The van der Waals surface area contributed by atoms with Gasteiger partial charge in [0.05, 0.1) is 7.11 Å². The molecule has 0 aliphatic rings. The van der Waals surface area contributed by atoms with Crippen molar-refractivity contribution in [3.05, 3.63) is 101 Å². The monoisotopic (exact) mass is 492 g/mol. The maximum Gasteiger partial charge on any atom is 0.328 e. The normalized spacial score (nSPS) is 12.2. The third kappa shape index (κ3) is 7.94. The van der Waals surface area contributed by atoms with Crippen LogP contribution in [0.2, 0.25) is 0 Å². The Morgan fingerprint density at radius 3 is 2.22 bits per heavy atom. The summed E-state index contributed by atoms with van der Waals surface area (Å²) in [6, 6.07) is 20.8. The fourth-order valence-corrected chi connectivity index (χ4v) is 3.69. The molecule has 7 nitrogen and oxygen atoms in total. The Hall–Kier alpha value is -4.20. The molecule has 2 atom stereocenters. The first kappa shape index (κ1) is 26.4. The average Bonchev–Trinajstić information content (AvgIpc) is 2.88. The van der Waals surface area contributed by atoms with E-state index in [1.165, 1.54) is 32.2 Å². The van der Waals surface area contributed by atoms with E-state index < -0.39 is 35.7 Å². The Morgan fingerprint density at radius 1 is 0.833 bits per heavy atom. The standard InChI is InChI=1S/C28H29FN2O5/c1-19(32)30-25(17-22-12-6-7-14-24(22)29)27(33)31-26(28(34)35-2)16-21-11-8-13-23(15-21)36-18-20-9-4-3-5-10-20/h3-15,25-26H,16-18H2,1-2H3,(H,30,32)(H,31,33)/t25-,26-/m1/s1. The minimum Gasteiger partial charge on any atom is -0.489 e. The Kier molecular flexibility index (Phi) is 9.56. The van der Waals surface area contributed by atoms with Gasteiger partial charge in [0.2, 0.25) is 11.8 Å². The second-order valence-electron chi connectivity index (χ2n) is 8.26. The molecule has 2 N–H and O–H groups in total. The number of halogens is 1. The maximum absolute atomic E-state index is 14.2. The Bertz CT molecular complexity index is 1190. The summed E-state index contributed by atoms with van der Waals surface area (Å²) in [4.78, 5) is 37.3. The molecule has 0 saturated heterocycles. The van der Waals surface area contributed by atoms with E-state index in [1.807, 2.05) is 36.4 Å². The van der Waals surface area contributed by atoms with Gasteiger partial charge >= 0.3 is 5.97 Å². The van der Waals surface area contributed by atoms with Crippen molar-refractivity contribution in [2.24, 2.45) is 0 Å². The lowest BCUT2D eigenvalue weighted by atomic mass is 10.0. The molecule has 3 aromatic carbocycles. The summed E-state index contributed by atoms with van der Waals surface area (Å²) in [5.74, 6) is -1.60. The number of benzene rings is 3. The molecule has 36 heavy (non-hydrogen) atoms. The smallest absolute Gasteiger partial charge is 0.328 e. The van der Waals surface area contributed by atoms with Crippen LogP contribution in [-0.2, 0) is 38.6 Å². The number of esters is 1. The summed E-state index contributed by atoms with van der Waals surface area (Å²) >= 11 is 0. The van der Waals surface area contributed by atoms with Gasteiger partial charge in [0, 0.05) is 19.8 Å². The first-order valence-corrected chi connectivity index (χ1v) is 11.5. The number of nitrogens with one attached hydrogen (secondary N) is 2. The Balaban J connectivity index is 1.71. The number of methoxy groups -OCH3 is 1.